The summed E-state index contributed by atoms with van der Waals surface area (Å²) in [7, 11) is 1.64. The van der Waals surface area contributed by atoms with Crippen molar-refractivity contribution in [2.24, 2.45) is 4.99 Å². The summed E-state index contributed by atoms with van der Waals surface area (Å²) in [5.41, 5.74) is 3.74. The molecule has 0 saturated carbocycles. The highest BCUT2D eigenvalue weighted by Crippen LogP contribution is 2.39. The second-order valence-electron chi connectivity index (χ2n) is 7.88. The third-order valence-electron chi connectivity index (χ3n) is 5.74. The van der Waals surface area contributed by atoms with Gasteiger partial charge in [0.15, 0.2) is 11.5 Å². The zero-order chi connectivity index (χ0) is 24.1. The lowest BCUT2D eigenvalue weighted by Gasteiger charge is -2.31. The molecule has 1 aliphatic heterocycles. The lowest BCUT2D eigenvalue weighted by atomic mass is 9.93. The fourth-order valence-electron chi connectivity index (χ4n) is 4.11. The predicted octanol–water partition coefficient (Wildman–Crippen LogP) is 6.18. The minimum Gasteiger partial charge on any atom is -0.504 e. The number of ether oxygens (including phenoxy) is 3. The van der Waals surface area contributed by atoms with Crippen molar-refractivity contribution < 1.29 is 19.3 Å². The Morgan fingerprint density at radius 1 is 1.00 bits per heavy atom. The third kappa shape index (κ3) is 5.21. The first-order chi connectivity index (χ1) is 16.5. The van der Waals surface area contributed by atoms with Crippen LogP contribution in [0.1, 0.15) is 49.2 Å². The van der Waals surface area contributed by atoms with Gasteiger partial charge in [-0.25, -0.2) is 0 Å². The van der Waals surface area contributed by atoms with Gasteiger partial charge in [0.1, 0.15) is 17.7 Å². The normalized spacial score (nSPS) is 17.7. The second-order valence-corrected chi connectivity index (χ2v) is 8.73. The molecule has 2 N–H and O–H groups in total. The Morgan fingerprint density at radius 3 is 2.44 bits per heavy atom. The number of methoxy groups -OCH3 is 1. The van der Waals surface area contributed by atoms with E-state index >= 15 is 0 Å². The first-order valence-electron chi connectivity index (χ1n) is 11.4. The Labute approximate surface area is 208 Å². The fraction of sp³-hybridized carbons (Fsp3) is 0.296. The van der Waals surface area contributed by atoms with E-state index in [2.05, 4.69) is 21.2 Å². The Morgan fingerprint density at radius 2 is 1.76 bits per heavy atom. The van der Waals surface area contributed by atoms with Crippen molar-refractivity contribution in [3.63, 3.8) is 0 Å². The molecule has 178 valence electrons. The van der Waals surface area contributed by atoms with Gasteiger partial charge in [-0.2, -0.15) is 0 Å². The van der Waals surface area contributed by atoms with E-state index < -0.39 is 0 Å². The Kier molecular flexibility index (Phi) is 7.75. The van der Waals surface area contributed by atoms with Crippen LogP contribution in [0.3, 0.4) is 0 Å². The lowest BCUT2D eigenvalue weighted by Crippen LogP contribution is -2.33. The summed E-state index contributed by atoms with van der Waals surface area (Å²) in [4.78, 5) is 5.05. The van der Waals surface area contributed by atoms with Gasteiger partial charge in [-0.05, 0) is 83.4 Å². The maximum atomic E-state index is 10.9. The Balaban J connectivity index is 1.74. The predicted molar refractivity (Wildman–Crippen MR) is 137 cm³/mol. The van der Waals surface area contributed by atoms with E-state index in [0.29, 0.717) is 25.4 Å². The number of para-hydroxylation sites is 1. The number of nitrogens with zero attached hydrogens (tertiary/aromatic N) is 1. The molecular weight excluding hydrogens is 496 g/mol. The van der Waals surface area contributed by atoms with Crippen LogP contribution in [-0.4, -0.2) is 31.1 Å². The largest absolute Gasteiger partial charge is 0.504 e. The third-order valence-corrected chi connectivity index (χ3v) is 6.36. The molecule has 34 heavy (non-hydrogen) atoms. The molecule has 0 fully saturated rings. The van der Waals surface area contributed by atoms with Gasteiger partial charge in [0.2, 0.25) is 0 Å². The average molecular weight is 525 g/mol. The summed E-state index contributed by atoms with van der Waals surface area (Å²) >= 11 is 3.58. The van der Waals surface area contributed by atoms with Crippen LogP contribution in [-0.2, 0) is 0 Å². The standard InChI is InChI=1S/C27H29BrN2O4/c1-4-33-19-12-9-17(10-13-19)22-16-23(20-7-6-8-25(26(20)31)34-5-2)30-27(29-22)18-11-14-24(32-3)21(28)15-18/h6-15,23,27,30-31H,4-5,16H2,1-3H3/t23-,27-/m0/s1. The van der Waals surface area contributed by atoms with Crippen LogP contribution in [0, 0.1) is 0 Å². The molecule has 0 saturated heterocycles. The molecule has 3 aromatic rings. The van der Waals surface area contributed by atoms with E-state index in [-0.39, 0.29) is 18.0 Å². The zero-order valence-corrected chi connectivity index (χ0v) is 21.1. The highest BCUT2D eigenvalue weighted by atomic mass is 79.9. The number of nitrogens with one attached hydrogen (secondary N) is 1. The number of benzene rings is 3. The topological polar surface area (TPSA) is 72.3 Å². The van der Waals surface area contributed by atoms with E-state index in [1.54, 1.807) is 13.2 Å². The van der Waals surface area contributed by atoms with Gasteiger partial charge in [-0.1, -0.05) is 18.2 Å². The monoisotopic (exact) mass is 524 g/mol. The molecule has 0 aliphatic carbocycles. The molecule has 0 spiro atoms. The molecule has 1 aliphatic rings. The number of rotatable bonds is 8. The summed E-state index contributed by atoms with van der Waals surface area (Å²) in [6.07, 6.45) is 0.308. The maximum Gasteiger partial charge on any atom is 0.162 e. The quantitative estimate of drug-likeness (QED) is 0.367. The number of phenolic OH excluding ortho intramolecular Hbond substituents is 1. The number of hydrogen-bond acceptors (Lipinski definition) is 6. The molecule has 0 amide bonds. The van der Waals surface area contributed by atoms with E-state index in [0.717, 1.165) is 38.4 Å². The van der Waals surface area contributed by atoms with Crippen LogP contribution in [0.5, 0.6) is 23.0 Å². The summed E-state index contributed by atoms with van der Waals surface area (Å²) in [5.74, 6) is 2.23. The number of aromatic hydroxyl groups is 1. The highest BCUT2D eigenvalue weighted by molar-refractivity contribution is 9.10. The first kappa shape index (κ1) is 24.1. The van der Waals surface area contributed by atoms with E-state index in [4.69, 9.17) is 19.2 Å². The SMILES string of the molecule is CCOc1ccc(C2=N[C@H](c3ccc(OC)c(Br)c3)N[C@H](c3cccc(OCC)c3O)C2)cc1. The van der Waals surface area contributed by atoms with Gasteiger partial charge in [0.25, 0.3) is 0 Å². The van der Waals surface area contributed by atoms with Crippen LogP contribution < -0.4 is 19.5 Å². The number of phenols is 1. The molecule has 1 heterocycles. The van der Waals surface area contributed by atoms with E-state index in [1.165, 1.54) is 0 Å². The van der Waals surface area contributed by atoms with E-state index in [1.807, 2.05) is 68.4 Å². The minimum atomic E-state index is -0.308. The lowest BCUT2D eigenvalue weighted by molar-refractivity contribution is 0.313. The molecule has 0 radical (unpaired) electrons. The van der Waals surface area contributed by atoms with Crippen molar-refractivity contribution in [3.8, 4) is 23.0 Å². The van der Waals surface area contributed by atoms with Crippen LogP contribution in [0.25, 0.3) is 0 Å². The van der Waals surface area contributed by atoms with Crippen molar-refractivity contribution in [2.45, 2.75) is 32.5 Å². The van der Waals surface area contributed by atoms with Crippen molar-refractivity contribution in [2.75, 3.05) is 20.3 Å². The average Bonchev–Trinajstić information content (AvgIpc) is 2.86. The molecule has 0 bridgehead atoms. The molecule has 2 atom stereocenters. The van der Waals surface area contributed by atoms with Crippen molar-refractivity contribution in [1.29, 1.82) is 0 Å². The van der Waals surface area contributed by atoms with Gasteiger partial charge in [-0.3, -0.25) is 10.3 Å². The fourth-order valence-corrected chi connectivity index (χ4v) is 4.67. The molecule has 0 unspecified atom stereocenters. The van der Waals surface area contributed by atoms with Crippen molar-refractivity contribution in [3.05, 3.63) is 81.8 Å². The molecule has 4 rings (SSSR count). The van der Waals surface area contributed by atoms with Gasteiger partial charge in [0.05, 0.1) is 24.8 Å². The smallest absolute Gasteiger partial charge is 0.162 e. The van der Waals surface area contributed by atoms with Crippen molar-refractivity contribution in [1.82, 2.24) is 5.32 Å². The molecule has 0 aromatic heterocycles. The van der Waals surface area contributed by atoms with Gasteiger partial charge in [0, 0.05) is 23.7 Å². The van der Waals surface area contributed by atoms with Gasteiger partial charge < -0.3 is 19.3 Å². The van der Waals surface area contributed by atoms with Crippen LogP contribution in [0.2, 0.25) is 0 Å². The van der Waals surface area contributed by atoms with Crippen LogP contribution >= 0.6 is 15.9 Å². The number of hydrogen-bond donors (Lipinski definition) is 2. The molecular formula is C27H29BrN2O4. The highest BCUT2D eigenvalue weighted by Gasteiger charge is 2.29. The second kappa shape index (κ2) is 10.9. The maximum absolute atomic E-state index is 10.9. The zero-order valence-electron chi connectivity index (χ0n) is 19.5. The Bertz CT molecular complexity index is 1160. The molecule has 6 nitrogen and oxygen atoms in total. The van der Waals surface area contributed by atoms with E-state index in [9.17, 15) is 5.11 Å². The number of halogens is 1. The summed E-state index contributed by atoms with van der Waals surface area (Å²) < 4.78 is 17.5. The number of aliphatic imine (C=N–C) groups is 1. The molecule has 7 heteroatoms. The summed E-state index contributed by atoms with van der Waals surface area (Å²) in [5, 5.41) is 14.6. The van der Waals surface area contributed by atoms with Crippen molar-refractivity contribution >= 4 is 21.6 Å². The minimum absolute atomic E-state index is 0.157. The van der Waals surface area contributed by atoms with Gasteiger partial charge >= 0.3 is 0 Å². The summed E-state index contributed by atoms with van der Waals surface area (Å²) in [6, 6.07) is 19.4. The molecule has 3 aromatic carbocycles. The first-order valence-corrected chi connectivity index (χ1v) is 12.2. The van der Waals surface area contributed by atoms with Crippen LogP contribution in [0.4, 0.5) is 0 Å². The van der Waals surface area contributed by atoms with Gasteiger partial charge in [-0.15, -0.1) is 0 Å². The van der Waals surface area contributed by atoms with Crippen LogP contribution in [0.15, 0.2) is 70.1 Å². The summed E-state index contributed by atoms with van der Waals surface area (Å²) in [6.45, 7) is 4.97. The Hall–Kier alpha value is -3.03.